The van der Waals surface area contributed by atoms with Crippen LogP contribution in [0.2, 0.25) is 0 Å². The van der Waals surface area contributed by atoms with Crippen molar-refractivity contribution in [2.75, 3.05) is 5.32 Å². The van der Waals surface area contributed by atoms with Gasteiger partial charge < -0.3 is 10.2 Å². The monoisotopic (exact) mass is 468 g/mol. The van der Waals surface area contributed by atoms with Gasteiger partial charge in [-0.2, -0.15) is 0 Å². The van der Waals surface area contributed by atoms with Crippen LogP contribution in [0.25, 0.3) is 10.9 Å². The first kappa shape index (κ1) is 24.2. The van der Waals surface area contributed by atoms with Gasteiger partial charge in [-0.05, 0) is 49.1 Å². The van der Waals surface area contributed by atoms with Crippen molar-refractivity contribution < 1.29 is 4.79 Å². The van der Waals surface area contributed by atoms with Crippen molar-refractivity contribution >= 4 is 22.6 Å². The van der Waals surface area contributed by atoms with Crippen LogP contribution in [-0.2, 0) is 13.1 Å². The number of nitrogens with one attached hydrogen (secondary N) is 1. The number of hydrogen-bond acceptors (Lipinski definition) is 3. The van der Waals surface area contributed by atoms with E-state index < -0.39 is 0 Å². The number of aromatic nitrogens is 2. The molecule has 1 heterocycles. The number of hydrogen-bond donors (Lipinski definition) is 1. The molecule has 1 N–H and O–H groups in total. The first-order chi connectivity index (χ1) is 17.0. The van der Waals surface area contributed by atoms with Crippen molar-refractivity contribution in [3.05, 3.63) is 106 Å². The lowest BCUT2D eigenvalue weighted by atomic mass is 10.1. The van der Waals surface area contributed by atoms with Crippen molar-refractivity contribution in [1.29, 1.82) is 0 Å². The van der Waals surface area contributed by atoms with E-state index in [-0.39, 0.29) is 17.6 Å². The minimum atomic E-state index is -0.386. The molecule has 1 atom stereocenters. The van der Waals surface area contributed by atoms with Gasteiger partial charge in [0.05, 0.1) is 16.9 Å². The topological polar surface area (TPSA) is 67.2 Å². The second kappa shape index (κ2) is 11.0. The lowest BCUT2D eigenvalue weighted by molar-refractivity contribution is 0.175. The van der Waals surface area contributed by atoms with Gasteiger partial charge in [0.1, 0.15) is 5.82 Å². The summed E-state index contributed by atoms with van der Waals surface area (Å²) in [5.41, 5.74) is 3.35. The number of nitrogens with zero attached hydrogens (tertiary/aromatic N) is 3. The maximum Gasteiger partial charge on any atom is 0.322 e. The number of rotatable bonds is 8. The van der Waals surface area contributed by atoms with Crippen LogP contribution >= 0.6 is 0 Å². The predicted octanol–water partition coefficient (Wildman–Crippen LogP) is 6.30. The van der Waals surface area contributed by atoms with Crippen LogP contribution in [0.15, 0.2) is 83.7 Å². The van der Waals surface area contributed by atoms with Gasteiger partial charge in [-0.25, -0.2) is 9.78 Å². The summed E-state index contributed by atoms with van der Waals surface area (Å²) in [5.74, 6) is 0.619. The van der Waals surface area contributed by atoms with Crippen molar-refractivity contribution in [1.82, 2.24) is 14.5 Å². The molecule has 0 aliphatic heterocycles. The van der Waals surface area contributed by atoms with Crippen LogP contribution in [-0.4, -0.2) is 20.5 Å². The third-order valence-electron chi connectivity index (χ3n) is 6.24. The summed E-state index contributed by atoms with van der Waals surface area (Å²) in [4.78, 5) is 33.9. The molecule has 0 saturated carbocycles. The fourth-order valence-corrected chi connectivity index (χ4v) is 4.43. The van der Waals surface area contributed by atoms with Crippen molar-refractivity contribution in [3.8, 4) is 0 Å². The van der Waals surface area contributed by atoms with E-state index in [2.05, 4.69) is 5.32 Å². The van der Waals surface area contributed by atoms with Crippen molar-refractivity contribution in [3.63, 3.8) is 0 Å². The summed E-state index contributed by atoms with van der Waals surface area (Å²) in [7, 11) is 0. The highest BCUT2D eigenvalue weighted by Gasteiger charge is 2.29. The van der Waals surface area contributed by atoms with E-state index >= 15 is 0 Å². The third kappa shape index (κ3) is 5.27. The SMILES string of the molecule is CCCn1c(C(CC)N(Cc2ccccc2)C(=O)Nc2ccccc2C)nc2ccccc2c1=O. The Morgan fingerprint density at radius 1 is 0.971 bits per heavy atom. The summed E-state index contributed by atoms with van der Waals surface area (Å²) in [5, 5.41) is 3.69. The fraction of sp³-hybridized carbons (Fsp3) is 0.276. The van der Waals surface area contributed by atoms with Crippen molar-refractivity contribution in [2.45, 2.75) is 52.7 Å². The maximum absolute atomic E-state index is 13.8. The number of amides is 2. The van der Waals surface area contributed by atoms with Crippen LogP contribution in [0.4, 0.5) is 10.5 Å². The molecule has 6 nitrogen and oxygen atoms in total. The molecule has 0 spiro atoms. The van der Waals surface area contributed by atoms with E-state index in [1.54, 1.807) is 9.47 Å². The summed E-state index contributed by atoms with van der Waals surface area (Å²) in [6.45, 7) is 6.98. The van der Waals surface area contributed by atoms with Gasteiger partial charge in [0.2, 0.25) is 0 Å². The molecular weight excluding hydrogens is 436 g/mol. The molecule has 2 amide bonds. The molecule has 0 fully saturated rings. The summed E-state index contributed by atoms with van der Waals surface area (Å²) < 4.78 is 1.75. The van der Waals surface area contributed by atoms with E-state index in [9.17, 15) is 9.59 Å². The van der Waals surface area contributed by atoms with Crippen LogP contribution in [0, 0.1) is 6.92 Å². The van der Waals surface area contributed by atoms with Gasteiger partial charge in [0.15, 0.2) is 0 Å². The average molecular weight is 469 g/mol. The highest BCUT2D eigenvalue weighted by atomic mass is 16.2. The summed E-state index contributed by atoms with van der Waals surface area (Å²) >= 11 is 0. The normalized spacial score (nSPS) is 11.9. The number of anilines is 1. The first-order valence-electron chi connectivity index (χ1n) is 12.2. The van der Waals surface area contributed by atoms with E-state index in [0.29, 0.717) is 36.2 Å². The zero-order chi connectivity index (χ0) is 24.8. The summed E-state index contributed by atoms with van der Waals surface area (Å²) in [6.07, 6.45) is 1.40. The number of benzene rings is 3. The number of fused-ring (bicyclic) bond motifs is 1. The van der Waals surface area contributed by atoms with E-state index in [4.69, 9.17) is 4.98 Å². The Kier molecular flexibility index (Phi) is 7.60. The molecule has 0 aliphatic carbocycles. The fourth-order valence-electron chi connectivity index (χ4n) is 4.43. The Morgan fingerprint density at radius 3 is 2.37 bits per heavy atom. The molecule has 0 bridgehead atoms. The molecular formula is C29H32N4O2. The number of carbonyl (C=O) groups is 1. The minimum Gasteiger partial charge on any atom is -0.310 e. The maximum atomic E-state index is 13.8. The Morgan fingerprint density at radius 2 is 1.66 bits per heavy atom. The quantitative estimate of drug-likeness (QED) is 0.330. The molecule has 180 valence electrons. The molecule has 6 heteroatoms. The van der Waals surface area contributed by atoms with Gasteiger partial charge in [0.25, 0.3) is 5.56 Å². The minimum absolute atomic E-state index is 0.0649. The smallest absolute Gasteiger partial charge is 0.310 e. The molecule has 0 radical (unpaired) electrons. The standard InChI is InChI=1S/C29H32N4O2/c1-4-19-32-27(30-25-18-12-10-16-23(25)28(32)34)26(5-2)33(20-22-14-7-6-8-15-22)29(35)31-24-17-11-9-13-21(24)3/h6-18,26H,4-5,19-20H2,1-3H3,(H,31,35). The van der Waals surface area contributed by atoms with E-state index in [0.717, 1.165) is 23.2 Å². The molecule has 0 aliphatic rings. The molecule has 4 aromatic rings. The van der Waals surface area contributed by atoms with Gasteiger partial charge in [-0.3, -0.25) is 9.36 Å². The molecule has 1 unspecified atom stereocenters. The second-order valence-electron chi connectivity index (χ2n) is 8.73. The number of para-hydroxylation sites is 2. The molecule has 35 heavy (non-hydrogen) atoms. The Balaban J connectivity index is 1.82. The highest BCUT2D eigenvalue weighted by molar-refractivity contribution is 5.90. The van der Waals surface area contributed by atoms with Gasteiger partial charge in [-0.15, -0.1) is 0 Å². The zero-order valence-electron chi connectivity index (χ0n) is 20.6. The predicted molar refractivity (Wildman–Crippen MR) is 142 cm³/mol. The third-order valence-corrected chi connectivity index (χ3v) is 6.24. The second-order valence-corrected chi connectivity index (χ2v) is 8.73. The Labute approximate surface area is 206 Å². The number of aryl methyl sites for hydroxylation is 1. The van der Waals surface area contributed by atoms with Gasteiger partial charge in [-0.1, -0.05) is 74.5 Å². The molecule has 1 aromatic heterocycles. The average Bonchev–Trinajstić information content (AvgIpc) is 2.88. The molecule has 4 rings (SSSR count). The molecule has 0 saturated heterocycles. The van der Waals surface area contributed by atoms with Crippen LogP contribution < -0.4 is 10.9 Å². The summed E-state index contributed by atoms with van der Waals surface area (Å²) in [6, 6.07) is 24.4. The van der Waals surface area contributed by atoms with Crippen LogP contribution in [0.1, 0.15) is 49.7 Å². The number of carbonyl (C=O) groups excluding carboxylic acids is 1. The van der Waals surface area contributed by atoms with Crippen LogP contribution in [0.3, 0.4) is 0 Å². The Bertz CT molecular complexity index is 1360. The van der Waals surface area contributed by atoms with Gasteiger partial charge in [0, 0.05) is 18.8 Å². The van der Waals surface area contributed by atoms with Gasteiger partial charge >= 0.3 is 6.03 Å². The zero-order valence-corrected chi connectivity index (χ0v) is 20.6. The Hall–Kier alpha value is -3.93. The van der Waals surface area contributed by atoms with E-state index in [1.165, 1.54) is 0 Å². The van der Waals surface area contributed by atoms with Crippen molar-refractivity contribution in [2.24, 2.45) is 0 Å². The highest BCUT2D eigenvalue weighted by Crippen LogP contribution is 2.27. The lowest BCUT2D eigenvalue weighted by Crippen LogP contribution is -2.40. The lowest BCUT2D eigenvalue weighted by Gasteiger charge is -2.32. The number of urea groups is 1. The van der Waals surface area contributed by atoms with E-state index in [1.807, 2.05) is 99.6 Å². The van der Waals surface area contributed by atoms with Crippen LogP contribution in [0.5, 0.6) is 0 Å². The first-order valence-corrected chi connectivity index (χ1v) is 12.2. The largest absolute Gasteiger partial charge is 0.322 e. The molecule has 3 aromatic carbocycles.